The van der Waals surface area contributed by atoms with Gasteiger partial charge in [-0.1, -0.05) is 137 Å². The van der Waals surface area contributed by atoms with E-state index >= 15 is 0 Å². The third kappa shape index (κ3) is 24.0. The summed E-state index contributed by atoms with van der Waals surface area (Å²) in [6.07, 6.45) is 36.0. The van der Waals surface area contributed by atoms with E-state index in [0.717, 1.165) is 124 Å². The summed E-state index contributed by atoms with van der Waals surface area (Å²) in [5.41, 5.74) is 5.07. The molecule has 6 N–H and O–H groups in total. The number of nitrogens with zero attached hydrogens (tertiary/aromatic N) is 9. The summed E-state index contributed by atoms with van der Waals surface area (Å²) < 4.78 is 3.65. The smallest absolute Gasteiger partial charge is 0.244 e. The first-order valence-corrected chi connectivity index (χ1v) is 33.1. The molecule has 18 heteroatoms. The van der Waals surface area contributed by atoms with E-state index in [9.17, 15) is 14.4 Å². The standard InChI is InChI=1S/C28H43N9O2.C28H40N6O.C6H14.C4H10.C3H8.C2H2/c1-5-8-23(30-4)32-24(38)19-34-15-17-35(18-16-34)27(39)21(2)31-26-25(37(20-29)33-26)22-9-11-28(3,12-10-22)36-13-6-7-14-36;1-5-14-31-18-20-33(21-19-31)28(35)22(4)29-27-26(30-25(7-3)34(27)15-6-2)23-10-12-24(13-11-23)32-16-8-9-17-32;1-4-5-6(2)3;1-4(2)3;1-3-2;1-2/h5,8-11,20-21,29-31,33H,1,6-7,12-19H2,2-4H3,(H,32,38);6-7,10-13,15,22,29H,3,5,8-9,14,16-21H2,1-2,4H3;6H,4-5H2,1-3H3;4H,1-3H3;3H2,1-2H3;1-2H/b23-8+,29-20?;15-6-;;;;. The fourth-order valence-corrected chi connectivity index (χ4v) is 11.2. The summed E-state index contributed by atoms with van der Waals surface area (Å²) in [6.45, 7) is 47.1. The summed E-state index contributed by atoms with van der Waals surface area (Å²) in [7, 11) is 1.74. The van der Waals surface area contributed by atoms with Gasteiger partial charge in [0.15, 0.2) is 0 Å². The maximum absolute atomic E-state index is 13.3. The Kier molecular flexibility index (Phi) is 34.7. The normalized spacial score (nSPS) is 18.5. The van der Waals surface area contributed by atoms with Crippen molar-refractivity contribution in [2.24, 2.45) is 11.8 Å². The molecule has 0 radical (unpaired) electrons. The molecular formula is C71H117N15O3. The number of likely N-dealkylation sites (tertiary alicyclic amines) is 1. The van der Waals surface area contributed by atoms with Crippen LogP contribution in [-0.2, 0) is 14.4 Å². The number of hydrogen-bond acceptors (Lipinski definition) is 12. The minimum absolute atomic E-state index is 0.0159. The van der Waals surface area contributed by atoms with Gasteiger partial charge >= 0.3 is 0 Å². The highest BCUT2D eigenvalue weighted by Crippen LogP contribution is 2.36. The highest BCUT2D eigenvalue weighted by molar-refractivity contribution is 5.89. The van der Waals surface area contributed by atoms with Crippen molar-refractivity contribution in [3.63, 3.8) is 0 Å². The molecule has 4 fully saturated rings. The van der Waals surface area contributed by atoms with Gasteiger partial charge in [0, 0.05) is 95.5 Å². The molecule has 3 unspecified atom stereocenters. The van der Waals surface area contributed by atoms with Crippen LogP contribution < -0.4 is 26.2 Å². The first-order chi connectivity index (χ1) is 42.7. The number of amides is 3. The van der Waals surface area contributed by atoms with Crippen molar-refractivity contribution < 1.29 is 14.4 Å². The maximum Gasteiger partial charge on any atom is 0.244 e. The van der Waals surface area contributed by atoms with Gasteiger partial charge in [-0.25, -0.2) is 9.67 Å². The number of anilines is 3. The lowest BCUT2D eigenvalue weighted by atomic mass is 9.88. The van der Waals surface area contributed by atoms with Crippen molar-refractivity contribution in [3.8, 4) is 24.1 Å². The van der Waals surface area contributed by atoms with Crippen molar-refractivity contribution in [1.82, 2.24) is 54.5 Å². The van der Waals surface area contributed by atoms with Crippen LogP contribution in [0.1, 0.15) is 159 Å². The molecule has 3 aromatic rings. The largest absolute Gasteiger partial charge is 0.375 e. The van der Waals surface area contributed by atoms with Crippen molar-refractivity contribution in [3.05, 3.63) is 91.2 Å². The van der Waals surface area contributed by atoms with Crippen LogP contribution in [0.2, 0.25) is 0 Å². The van der Waals surface area contributed by atoms with Crippen molar-refractivity contribution >= 4 is 59.2 Å². The third-order valence-electron chi connectivity index (χ3n) is 15.8. The van der Waals surface area contributed by atoms with Gasteiger partial charge in [0.25, 0.3) is 0 Å². The van der Waals surface area contributed by atoms with E-state index in [1.54, 1.807) is 30.0 Å². The number of carbonyl (C=O) groups excluding carboxylic acids is 3. The highest BCUT2D eigenvalue weighted by atomic mass is 16.2. The molecule has 1 aliphatic carbocycles. The molecule has 0 spiro atoms. The number of hydrogen-bond donors (Lipinski definition) is 6. The predicted molar refractivity (Wildman–Crippen MR) is 378 cm³/mol. The van der Waals surface area contributed by atoms with E-state index in [1.165, 1.54) is 57.0 Å². The van der Waals surface area contributed by atoms with Crippen LogP contribution in [0.25, 0.3) is 29.1 Å². The van der Waals surface area contributed by atoms with Crippen LogP contribution in [-0.4, -0.2) is 184 Å². The number of carbonyl (C=O) groups is 3. The number of terminal acetylenes is 1. The van der Waals surface area contributed by atoms with Crippen molar-refractivity contribution in [1.29, 1.82) is 5.41 Å². The van der Waals surface area contributed by atoms with Crippen molar-refractivity contribution in [2.75, 3.05) is 114 Å². The van der Waals surface area contributed by atoms with Crippen LogP contribution in [0.15, 0.2) is 79.7 Å². The van der Waals surface area contributed by atoms with Gasteiger partial charge in [-0.2, -0.15) is 0 Å². The Morgan fingerprint density at radius 3 is 1.80 bits per heavy atom. The molecule has 494 valence electrons. The van der Waals surface area contributed by atoms with Crippen LogP contribution >= 0.6 is 0 Å². The zero-order chi connectivity index (χ0) is 66.1. The van der Waals surface area contributed by atoms with Gasteiger partial charge < -0.3 is 36.0 Å². The third-order valence-corrected chi connectivity index (χ3v) is 15.8. The van der Waals surface area contributed by atoms with E-state index in [2.05, 4.69) is 179 Å². The monoisotopic (exact) mass is 1230 g/mol. The van der Waals surface area contributed by atoms with E-state index in [1.807, 2.05) is 52.3 Å². The molecule has 0 saturated carbocycles. The zero-order valence-electron chi connectivity index (χ0n) is 57.4. The molecule has 89 heavy (non-hydrogen) atoms. The first kappa shape index (κ1) is 76.2. The summed E-state index contributed by atoms with van der Waals surface area (Å²) in [5, 5.41) is 23.5. The minimum Gasteiger partial charge on any atom is -0.375 e. The summed E-state index contributed by atoms with van der Waals surface area (Å²) in [4.78, 5) is 57.1. The minimum atomic E-state index is -0.435. The fourth-order valence-electron chi connectivity index (χ4n) is 11.2. The molecule has 1 aromatic carbocycles. The Balaban J connectivity index is 0.000000381. The summed E-state index contributed by atoms with van der Waals surface area (Å²) >= 11 is 0. The SMILES string of the molecule is C#C.C=C/C=C(\NC)NC(=O)CN1CCN(C(=O)C(C)Nc2[nH]n(C=N)c2C2=CCC(C)(N3CCCC3)C=C2)CC1.C=Cc1nc(-c2ccc(N3CCCC3)cc2)c(NC(C)C(=O)N2CCN(CCC)CC2)n1/C=C\C.CC(C)C.CCC.CCCC(C)C. The molecule has 0 bridgehead atoms. The number of rotatable bonds is 22. The molecule has 8 rings (SSSR count). The van der Waals surface area contributed by atoms with Crippen LogP contribution in [0.3, 0.4) is 0 Å². The van der Waals surface area contributed by atoms with Gasteiger partial charge in [0.1, 0.15) is 53.1 Å². The van der Waals surface area contributed by atoms with Crippen molar-refractivity contribution in [2.45, 2.75) is 165 Å². The number of nitrogens with one attached hydrogen (secondary N) is 6. The average molecular weight is 1230 g/mol. The quantitative estimate of drug-likeness (QED) is 0.0244. The van der Waals surface area contributed by atoms with Gasteiger partial charge in [0.2, 0.25) is 17.7 Å². The Bertz CT molecular complexity index is 2730. The van der Waals surface area contributed by atoms with Crippen LogP contribution in [0.4, 0.5) is 17.3 Å². The van der Waals surface area contributed by atoms with E-state index in [-0.39, 0.29) is 35.8 Å². The first-order valence-electron chi connectivity index (χ1n) is 33.1. The lowest BCUT2D eigenvalue weighted by Crippen LogP contribution is -2.54. The van der Waals surface area contributed by atoms with Gasteiger partial charge in [0.05, 0.1) is 6.54 Å². The predicted octanol–water partition coefficient (Wildman–Crippen LogP) is 12.2. The van der Waals surface area contributed by atoms with Crippen LogP contribution in [0.5, 0.6) is 0 Å². The molecule has 3 atom stereocenters. The highest BCUT2D eigenvalue weighted by Gasteiger charge is 2.34. The number of aromatic amines is 1. The van der Waals surface area contributed by atoms with Gasteiger partial charge in [-0.3, -0.25) is 44.2 Å². The second-order valence-corrected chi connectivity index (χ2v) is 24.8. The zero-order valence-corrected chi connectivity index (χ0v) is 57.4. The number of piperazine rings is 2. The lowest BCUT2D eigenvalue weighted by Gasteiger charge is -2.38. The molecule has 6 heterocycles. The summed E-state index contributed by atoms with van der Waals surface area (Å²) in [6, 6.07) is 7.82. The molecule has 18 nitrogen and oxygen atoms in total. The van der Waals surface area contributed by atoms with E-state index in [4.69, 9.17) is 10.4 Å². The topological polar surface area (TPSA) is 181 Å². The second-order valence-electron chi connectivity index (χ2n) is 24.8. The number of imidazole rings is 1. The molecule has 4 saturated heterocycles. The Morgan fingerprint density at radius 2 is 1.34 bits per heavy atom. The Hall–Kier alpha value is -7.07. The van der Waals surface area contributed by atoms with Crippen LogP contribution in [0, 0.1) is 30.1 Å². The van der Waals surface area contributed by atoms with Gasteiger partial charge in [-0.05, 0) is 128 Å². The molecular weight excluding hydrogens is 1110 g/mol. The second kappa shape index (κ2) is 40.5. The maximum atomic E-state index is 13.3. The number of H-pyrrole nitrogens is 1. The Morgan fingerprint density at radius 1 is 0.787 bits per heavy atom. The molecule has 2 aromatic heterocycles. The van der Waals surface area contributed by atoms with Gasteiger partial charge in [-0.15, -0.1) is 12.8 Å². The van der Waals surface area contributed by atoms with E-state index < -0.39 is 6.04 Å². The van der Waals surface area contributed by atoms with E-state index in [0.29, 0.717) is 32.0 Å². The summed E-state index contributed by atoms with van der Waals surface area (Å²) in [5.74, 6) is 4.69. The Labute approximate surface area is 537 Å². The fraction of sp³-hybridized carbons (Fsp3) is 0.592. The molecule has 5 aliphatic rings. The number of aromatic nitrogens is 4. The molecule has 4 aliphatic heterocycles. The number of allylic oxidation sites excluding steroid dienone is 5. The lowest BCUT2D eigenvalue weighted by molar-refractivity contribution is -0.134. The number of benzene rings is 1. The average Bonchev–Trinajstić information content (AvgIpc) is 1.85. The molecule has 3 amide bonds.